The maximum absolute atomic E-state index is 4.48. The lowest BCUT2D eigenvalue weighted by Crippen LogP contribution is -2.44. The maximum atomic E-state index is 4.48. The zero-order valence-corrected chi connectivity index (χ0v) is 14.8. The summed E-state index contributed by atoms with van der Waals surface area (Å²) in [5.74, 6) is 1.72. The summed E-state index contributed by atoms with van der Waals surface area (Å²) in [6.07, 6.45) is 9.22. The third-order valence-electron chi connectivity index (χ3n) is 4.87. The van der Waals surface area contributed by atoms with Gasteiger partial charge in [-0.15, -0.1) is 0 Å². The highest BCUT2D eigenvalue weighted by molar-refractivity contribution is 5.83. The number of aromatic nitrogens is 6. The molecule has 3 aromatic rings. The number of anilines is 2. The Hall–Kier alpha value is -2.77. The maximum Gasteiger partial charge on any atom is 0.225 e. The smallest absolute Gasteiger partial charge is 0.225 e. The monoisotopic (exact) mass is 338 g/mol. The van der Waals surface area contributed by atoms with E-state index >= 15 is 0 Å². The SMILES string of the molecule is Cc1cnc(N(C)C2CCN(c3ncnc4c3ncn4C)CC2)nc1. The van der Waals surface area contributed by atoms with E-state index in [1.54, 1.807) is 12.7 Å². The first-order valence-electron chi connectivity index (χ1n) is 8.52. The van der Waals surface area contributed by atoms with Gasteiger partial charge in [-0.3, -0.25) is 0 Å². The highest BCUT2D eigenvalue weighted by Gasteiger charge is 2.26. The molecule has 0 amide bonds. The number of piperidine rings is 1. The number of imidazole rings is 1. The van der Waals surface area contributed by atoms with Gasteiger partial charge < -0.3 is 14.4 Å². The number of nitrogens with zero attached hydrogens (tertiary/aromatic N) is 8. The molecule has 3 aromatic heterocycles. The van der Waals surface area contributed by atoms with Crippen molar-refractivity contribution in [1.82, 2.24) is 29.5 Å². The fourth-order valence-electron chi connectivity index (χ4n) is 3.36. The zero-order valence-electron chi connectivity index (χ0n) is 14.8. The molecule has 0 aromatic carbocycles. The molecule has 130 valence electrons. The molecule has 0 bridgehead atoms. The minimum atomic E-state index is 0.431. The van der Waals surface area contributed by atoms with Crippen LogP contribution in [0.25, 0.3) is 11.2 Å². The lowest BCUT2D eigenvalue weighted by atomic mass is 10.0. The molecule has 0 radical (unpaired) electrons. The van der Waals surface area contributed by atoms with E-state index in [2.05, 4.69) is 41.8 Å². The Balaban J connectivity index is 1.48. The molecule has 25 heavy (non-hydrogen) atoms. The van der Waals surface area contributed by atoms with Crippen LogP contribution in [0.3, 0.4) is 0 Å². The van der Waals surface area contributed by atoms with Crippen molar-refractivity contribution < 1.29 is 0 Å². The second kappa shape index (κ2) is 6.27. The Morgan fingerprint density at radius 2 is 1.76 bits per heavy atom. The van der Waals surface area contributed by atoms with Crippen molar-refractivity contribution in [2.45, 2.75) is 25.8 Å². The first kappa shape index (κ1) is 15.7. The first-order valence-corrected chi connectivity index (χ1v) is 8.52. The van der Waals surface area contributed by atoms with Crippen LogP contribution >= 0.6 is 0 Å². The van der Waals surface area contributed by atoms with Gasteiger partial charge in [0.1, 0.15) is 6.33 Å². The van der Waals surface area contributed by atoms with Crippen LogP contribution in [0.4, 0.5) is 11.8 Å². The average molecular weight is 338 g/mol. The van der Waals surface area contributed by atoms with Gasteiger partial charge in [-0.05, 0) is 25.3 Å². The predicted octanol–water partition coefficient (Wildman–Crippen LogP) is 1.57. The molecule has 0 spiro atoms. The molecule has 8 nitrogen and oxygen atoms in total. The molecule has 0 N–H and O–H groups in total. The third kappa shape index (κ3) is 2.88. The van der Waals surface area contributed by atoms with Crippen LogP contribution in [-0.2, 0) is 7.05 Å². The summed E-state index contributed by atoms with van der Waals surface area (Å²) < 4.78 is 1.93. The summed E-state index contributed by atoms with van der Waals surface area (Å²) in [6.45, 7) is 3.87. The van der Waals surface area contributed by atoms with E-state index in [1.807, 2.05) is 30.9 Å². The van der Waals surface area contributed by atoms with Gasteiger partial charge in [0.15, 0.2) is 17.0 Å². The van der Waals surface area contributed by atoms with E-state index < -0.39 is 0 Å². The van der Waals surface area contributed by atoms with E-state index in [0.29, 0.717) is 6.04 Å². The minimum Gasteiger partial charge on any atom is -0.355 e. The van der Waals surface area contributed by atoms with Gasteiger partial charge in [-0.25, -0.2) is 24.9 Å². The highest BCUT2D eigenvalue weighted by atomic mass is 15.3. The first-order chi connectivity index (χ1) is 12.1. The summed E-state index contributed by atoms with van der Waals surface area (Å²) in [5, 5.41) is 0. The molecule has 8 heteroatoms. The second-order valence-corrected chi connectivity index (χ2v) is 6.61. The molecule has 1 saturated heterocycles. The van der Waals surface area contributed by atoms with Crippen LogP contribution in [0.15, 0.2) is 25.0 Å². The number of rotatable bonds is 3. The molecular weight excluding hydrogens is 316 g/mol. The fraction of sp³-hybridized carbons (Fsp3) is 0.471. The molecule has 4 heterocycles. The second-order valence-electron chi connectivity index (χ2n) is 6.61. The van der Waals surface area contributed by atoms with Crippen LogP contribution < -0.4 is 9.80 Å². The van der Waals surface area contributed by atoms with Crippen LogP contribution in [-0.4, -0.2) is 55.7 Å². The lowest BCUT2D eigenvalue weighted by molar-refractivity contribution is 0.476. The van der Waals surface area contributed by atoms with Gasteiger partial charge in [0.2, 0.25) is 5.95 Å². The molecule has 1 fully saturated rings. The van der Waals surface area contributed by atoms with Crippen molar-refractivity contribution in [3.8, 4) is 0 Å². The molecule has 0 unspecified atom stereocenters. The summed E-state index contributed by atoms with van der Waals surface area (Å²) in [4.78, 5) is 26.7. The van der Waals surface area contributed by atoms with Crippen LogP contribution in [0.5, 0.6) is 0 Å². The number of hydrogen-bond acceptors (Lipinski definition) is 7. The molecule has 0 saturated carbocycles. The third-order valence-corrected chi connectivity index (χ3v) is 4.87. The quantitative estimate of drug-likeness (QED) is 0.717. The van der Waals surface area contributed by atoms with E-state index in [4.69, 9.17) is 0 Å². The fourth-order valence-corrected chi connectivity index (χ4v) is 3.36. The molecule has 0 aliphatic carbocycles. The summed E-state index contributed by atoms with van der Waals surface area (Å²) in [5.41, 5.74) is 2.83. The summed E-state index contributed by atoms with van der Waals surface area (Å²) in [6, 6.07) is 0.431. The molecule has 0 atom stereocenters. The Morgan fingerprint density at radius 3 is 2.48 bits per heavy atom. The summed E-state index contributed by atoms with van der Waals surface area (Å²) >= 11 is 0. The van der Waals surface area contributed by atoms with Gasteiger partial charge in [0, 0.05) is 45.6 Å². The number of fused-ring (bicyclic) bond motifs is 1. The standard InChI is InChI=1S/C17H22N8/c1-12-8-18-17(19-9-12)24(3)13-4-6-25(7-5-13)16-14-15(20-10-21-16)23(2)11-22-14/h8-11,13H,4-7H2,1-3H3. The van der Waals surface area contributed by atoms with Gasteiger partial charge in [-0.2, -0.15) is 0 Å². The van der Waals surface area contributed by atoms with Crippen LogP contribution in [0.1, 0.15) is 18.4 Å². The summed E-state index contributed by atoms with van der Waals surface area (Å²) in [7, 11) is 4.03. The molecular formula is C17H22N8. The largest absolute Gasteiger partial charge is 0.355 e. The van der Waals surface area contributed by atoms with E-state index in [-0.39, 0.29) is 0 Å². The average Bonchev–Trinajstić information content (AvgIpc) is 3.03. The van der Waals surface area contributed by atoms with Crippen LogP contribution in [0, 0.1) is 6.92 Å². The Kier molecular flexibility index (Phi) is 3.95. The predicted molar refractivity (Wildman–Crippen MR) is 96.7 cm³/mol. The normalized spacial score (nSPS) is 15.7. The highest BCUT2D eigenvalue weighted by Crippen LogP contribution is 2.26. The van der Waals surface area contributed by atoms with Crippen molar-refractivity contribution >= 4 is 22.9 Å². The van der Waals surface area contributed by atoms with E-state index in [9.17, 15) is 0 Å². The van der Waals surface area contributed by atoms with Gasteiger partial charge >= 0.3 is 0 Å². The van der Waals surface area contributed by atoms with Crippen molar-refractivity contribution in [2.24, 2.45) is 7.05 Å². The number of aryl methyl sites for hydroxylation is 2. The van der Waals surface area contributed by atoms with Gasteiger partial charge in [-0.1, -0.05) is 0 Å². The van der Waals surface area contributed by atoms with Crippen molar-refractivity contribution in [1.29, 1.82) is 0 Å². The van der Waals surface area contributed by atoms with Crippen LogP contribution in [0.2, 0.25) is 0 Å². The molecule has 4 rings (SSSR count). The van der Waals surface area contributed by atoms with E-state index in [1.165, 1.54) is 0 Å². The van der Waals surface area contributed by atoms with E-state index in [0.717, 1.165) is 54.4 Å². The lowest BCUT2D eigenvalue weighted by Gasteiger charge is -2.37. The van der Waals surface area contributed by atoms with Crippen molar-refractivity contribution in [3.63, 3.8) is 0 Å². The Morgan fingerprint density at radius 1 is 1.04 bits per heavy atom. The Labute approximate surface area is 146 Å². The minimum absolute atomic E-state index is 0.431. The van der Waals surface area contributed by atoms with Gasteiger partial charge in [0.25, 0.3) is 0 Å². The van der Waals surface area contributed by atoms with Crippen molar-refractivity contribution in [3.05, 3.63) is 30.6 Å². The van der Waals surface area contributed by atoms with Gasteiger partial charge in [0.05, 0.1) is 6.33 Å². The number of hydrogen-bond donors (Lipinski definition) is 0. The molecule has 1 aliphatic rings. The Bertz CT molecular complexity index is 864. The van der Waals surface area contributed by atoms with Crippen molar-refractivity contribution in [2.75, 3.05) is 29.9 Å². The molecule has 1 aliphatic heterocycles. The topological polar surface area (TPSA) is 75.9 Å². The zero-order chi connectivity index (χ0) is 17.4.